The Morgan fingerprint density at radius 2 is 1.39 bits per heavy atom. The van der Waals surface area contributed by atoms with Crippen molar-refractivity contribution in [2.45, 2.75) is 0 Å². The minimum atomic E-state index is -0.259. The van der Waals surface area contributed by atoms with E-state index in [-0.39, 0.29) is 20.8 Å². The molecule has 2 rings (SSSR count). The van der Waals surface area contributed by atoms with E-state index in [0.717, 1.165) is 0 Å². The molecule has 1 N–H and O–H groups in total. The molecule has 2 aromatic rings. The molecule has 18 heavy (non-hydrogen) atoms. The number of benzene rings is 2. The normalized spacial score (nSPS) is 10.7. The van der Waals surface area contributed by atoms with Crippen molar-refractivity contribution in [3.8, 4) is 16.9 Å². The number of aromatic hydroxyl groups is 1. The Kier molecular flexibility index (Phi) is 4.20. The molecule has 0 bridgehead atoms. The van der Waals surface area contributed by atoms with Crippen molar-refractivity contribution in [2.75, 3.05) is 0 Å². The van der Waals surface area contributed by atoms with Gasteiger partial charge in [-0.3, -0.25) is 0 Å². The summed E-state index contributed by atoms with van der Waals surface area (Å²) in [5, 5.41) is 10.8. The van der Waals surface area contributed by atoms with Crippen molar-refractivity contribution in [1.29, 1.82) is 0 Å². The van der Waals surface area contributed by atoms with E-state index in [4.69, 9.17) is 58.0 Å². The number of phenols is 1. The molecule has 0 unspecified atom stereocenters. The van der Waals surface area contributed by atoms with Crippen LogP contribution in [0.3, 0.4) is 0 Å². The zero-order valence-corrected chi connectivity index (χ0v) is 12.4. The molecular weight excluding hydrogens is 337 g/mol. The topological polar surface area (TPSA) is 20.2 Å². The molecule has 0 aliphatic heterocycles. The average molecular weight is 342 g/mol. The molecule has 0 aromatic heterocycles. The van der Waals surface area contributed by atoms with E-state index in [9.17, 15) is 5.11 Å². The van der Waals surface area contributed by atoms with Gasteiger partial charge in [0.25, 0.3) is 0 Å². The Labute approximate surface area is 129 Å². The molecule has 94 valence electrons. The maximum Gasteiger partial charge on any atom is 0.154 e. The lowest BCUT2D eigenvalue weighted by atomic mass is 10.1. The summed E-state index contributed by atoms with van der Waals surface area (Å²) >= 11 is 29.8. The van der Waals surface area contributed by atoms with Crippen LogP contribution in [0.25, 0.3) is 11.1 Å². The third kappa shape index (κ3) is 2.52. The van der Waals surface area contributed by atoms with Gasteiger partial charge < -0.3 is 5.11 Å². The second kappa shape index (κ2) is 5.36. The van der Waals surface area contributed by atoms with Gasteiger partial charge >= 0.3 is 0 Å². The maximum absolute atomic E-state index is 9.57. The number of rotatable bonds is 1. The van der Waals surface area contributed by atoms with Gasteiger partial charge in [-0.25, -0.2) is 0 Å². The van der Waals surface area contributed by atoms with E-state index >= 15 is 0 Å². The third-order valence-electron chi connectivity index (χ3n) is 2.35. The van der Waals surface area contributed by atoms with Gasteiger partial charge in [0, 0.05) is 21.2 Å². The van der Waals surface area contributed by atoms with E-state index in [2.05, 4.69) is 0 Å². The quantitative estimate of drug-likeness (QED) is 0.601. The Bertz CT molecular complexity index is 624. The van der Waals surface area contributed by atoms with Gasteiger partial charge in [0.15, 0.2) is 5.75 Å². The second-order valence-corrected chi connectivity index (χ2v) is 5.51. The third-order valence-corrected chi connectivity index (χ3v) is 4.06. The smallest absolute Gasteiger partial charge is 0.154 e. The average Bonchev–Trinajstić information content (AvgIpc) is 2.34. The standard InChI is InChI=1S/C12H5Cl5O/c13-5-1-2-8(14)6(3-5)7-4-9(15)12(18)11(17)10(7)16/h1-4,18H. The van der Waals surface area contributed by atoms with Gasteiger partial charge in [-0.1, -0.05) is 58.0 Å². The Morgan fingerprint density at radius 3 is 2.06 bits per heavy atom. The highest BCUT2D eigenvalue weighted by molar-refractivity contribution is 6.47. The van der Waals surface area contributed by atoms with Gasteiger partial charge in [0.2, 0.25) is 0 Å². The molecule has 2 aromatic carbocycles. The molecule has 0 radical (unpaired) electrons. The van der Waals surface area contributed by atoms with E-state index < -0.39 is 0 Å². The molecule has 0 saturated heterocycles. The van der Waals surface area contributed by atoms with Crippen molar-refractivity contribution >= 4 is 58.0 Å². The summed E-state index contributed by atoms with van der Waals surface area (Å²) < 4.78 is 0. The van der Waals surface area contributed by atoms with Crippen LogP contribution in [0, 0.1) is 0 Å². The Hall–Kier alpha value is -0.310. The highest BCUT2D eigenvalue weighted by Crippen LogP contribution is 2.45. The zero-order valence-electron chi connectivity index (χ0n) is 8.65. The van der Waals surface area contributed by atoms with Crippen LogP contribution in [0.4, 0.5) is 0 Å². The minimum absolute atomic E-state index is 0.0183. The van der Waals surface area contributed by atoms with Crippen molar-refractivity contribution in [2.24, 2.45) is 0 Å². The molecule has 0 saturated carbocycles. The first-order valence-electron chi connectivity index (χ1n) is 4.73. The number of halogens is 5. The molecule has 0 aliphatic rings. The fourth-order valence-electron chi connectivity index (χ4n) is 1.49. The Balaban J connectivity index is 2.75. The predicted molar refractivity (Wildman–Crippen MR) is 78.6 cm³/mol. The first-order chi connectivity index (χ1) is 8.41. The van der Waals surface area contributed by atoms with E-state index in [1.165, 1.54) is 6.07 Å². The van der Waals surface area contributed by atoms with Crippen LogP contribution >= 0.6 is 58.0 Å². The lowest BCUT2D eigenvalue weighted by Crippen LogP contribution is -1.85. The number of hydrogen-bond donors (Lipinski definition) is 1. The molecule has 0 amide bonds. The van der Waals surface area contributed by atoms with Crippen molar-refractivity contribution < 1.29 is 5.11 Å². The van der Waals surface area contributed by atoms with Crippen LogP contribution in [0.15, 0.2) is 24.3 Å². The summed E-state index contributed by atoms with van der Waals surface area (Å²) in [7, 11) is 0. The van der Waals surface area contributed by atoms with Gasteiger partial charge in [-0.05, 0) is 24.3 Å². The molecular formula is C12H5Cl5O. The van der Waals surface area contributed by atoms with E-state index in [1.54, 1.807) is 18.2 Å². The highest BCUT2D eigenvalue weighted by atomic mass is 35.5. The van der Waals surface area contributed by atoms with Crippen molar-refractivity contribution in [3.05, 3.63) is 49.4 Å². The second-order valence-electron chi connectivity index (χ2n) is 3.51. The van der Waals surface area contributed by atoms with Gasteiger partial charge in [-0.2, -0.15) is 0 Å². The molecule has 0 atom stereocenters. The van der Waals surface area contributed by atoms with E-state index in [0.29, 0.717) is 21.2 Å². The van der Waals surface area contributed by atoms with Crippen LogP contribution in [0.2, 0.25) is 25.1 Å². The summed E-state index contributed by atoms with van der Waals surface area (Å²) in [6, 6.07) is 6.44. The Morgan fingerprint density at radius 1 is 0.722 bits per heavy atom. The first kappa shape index (κ1) is 14.1. The molecule has 6 heteroatoms. The molecule has 0 fully saturated rings. The highest BCUT2D eigenvalue weighted by Gasteiger charge is 2.17. The van der Waals surface area contributed by atoms with Crippen LogP contribution in [0.1, 0.15) is 0 Å². The summed E-state index contributed by atoms with van der Waals surface area (Å²) in [5.74, 6) is -0.259. The molecule has 0 spiro atoms. The van der Waals surface area contributed by atoms with Gasteiger partial charge in [0.05, 0.1) is 10.0 Å². The largest absolute Gasteiger partial charge is 0.505 e. The molecule has 1 nitrogen and oxygen atoms in total. The monoisotopic (exact) mass is 340 g/mol. The summed E-state index contributed by atoms with van der Waals surface area (Å²) in [6.07, 6.45) is 0. The minimum Gasteiger partial charge on any atom is -0.505 e. The van der Waals surface area contributed by atoms with Crippen LogP contribution < -0.4 is 0 Å². The van der Waals surface area contributed by atoms with Crippen LogP contribution in [-0.2, 0) is 0 Å². The SMILES string of the molecule is Oc1c(Cl)cc(-c2cc(Cl)ccc2Cl)c(Cl)c1Cl. The van der Waals surface area contributed by atoms with Crippen molar-refractivity contribution in [1.82, 2.24) is 0 Å². The van der Waals surface area contributed by atoms with Crippen LogP contribution in [0.5, 0.6) is 5.75 Å². The van der Waals surface area contributed by atoms with Crippen molar-refractivity contribution in [3.63, 3.8) is 0 Å². The van der Waals surface area contributed by atoms with Gasteiger partial charge in [-0.15, -0.1) is 0 Å². The van der Waals surface area contributed by atoms with E-state index in [1.807, 2.05) is 0 Å². The lowest BCUT2D eigenvalue weighted by molar-refractivity contribution is 0.476. The number of hydrogen-bond acceptors (Lipinski definition) is 1. The summed E-state index contributed by atoms with van der Waals surface area (Å²) in [5.41, 5.74) is 1.11. The fourth-order valence-corrected chi connectivity index (χ4v) is 2.58. The lowest BCUT2D eigenvalue weighted by Gasteiger charge is -2.11. The summed E-state index contributed by atoms with van der Waals surface area (Å²) in [4.78, 5) is 0. The zero-order chi connectivity index (χ0) is 13.4. The fraction of sp³-hybridized carbons (Fsp3) is 0. The maximum atomic E-state index is 9.57. The summed E-state index contributed by atoms with van der Waals surface area (Å²) in [6.45, 7) is 0. The number of phenolic OH excluding ortho intramolecular Hbond substituents is 1. The molecule has 0 aliphatic carbocycles. The molecule has 0 heterocycles. The first-order valence-corrected chi connectivity index (χ1v) is 6.62. The van der Waals surface area contributed by atoms with Crippen LogP contribution in [-0.4, -0.2) is 5.11 Å². The predicted octanol–water partition coefficient (Wildman–Crippen LogP) is 6.33. The van der Waals surface area contributed by atoms with Gasteiger partial charge in [0.1, 0.15) is 5.02 Å².